The molecule has 0 aliphatic heterocycles. The van der Waals surface area contributed by atoms with Gasteiger partial charge in [0, 0.05) is 25.8 Å². The van der Waals surface area contributed by atoms with Crippen LogP contribution in [0.1, 0.15) is 37.6 Å². The largest absolute Gasteiger partial charge is 0.481 e. The molecule has 0 spiro atoms. The van der Waals surface area contributed by atoms with Gasteiger partial charge in [-0.1, -0.05) is 6.07 Å². The number of aliphatic carboxylic acids is 1. The summed E-state index contributed by atoms with van der Waals surface area (Å²) in [6.45, 7) is 4.18. The van der Waals surface area contributed by atoms with Crippen LogP contribution in [0.2, 0.25) is 0 Å². The van der Waals surface area contributed by atoms with Crippen LogP contribution in [0.5, 0.6) is 0 Å². The molecule has 0 aliphatic carbocycles. The first kappa shape index (κ1) is 15.2. The number of carboxylic acids is 1. The molecule has 0 unspecified atom stereocenters. The number of fused-ring (bicyclic) bond motifs is 1. The van der Waals surface area contributed by atoms with E-state index in [1.54, 1.807) is 6.92 Å². The van der Waals surface area contributed by atoms with Gasteiger partial charge in [-0.15, -0.1) is 0 Å². The lowest BCUT2D eigenvalue weighted by Gasteiger charge is -2.07. The molecule has 0 bridgehead atoms. The molecule has 0 fully saturated rings. The van der Waals surface area contributed by atoms with Gasteiger partial charge in [0.05, 0.1) is 11.0 Å². The van der Waals surface area contributed by atoms with Gasteiger partial charge < -0.3 is 9.67 Å². The molecule has 0 radical (unpaired) electrons. The monoisotopic (exact) mass is 288 g/mol. The Hall–Kier alpha value is -2.17. The Morgan fingerprint density at radius 2 is 2.05 bits per heavy atom. The number of benzene rings is 1. The topological polar surface area (TPSA) is 72.2 Å². The maximum Gasteiger partial charge on any atom is 0.303 e. The Kier molecular flexibility index (Phi) is 4.73. The first-order chi connectivity index (χ1) is 9.97. The minimum Gasteiger partial charge on any atom is -0.481 e. The fourth-order valence-electron chi connectivity index (χ4n) is 2.40. The predicted molar refractivity (Wildman–Crippen MR) is 80.3 cm³/mol. The van der Waals surface area contributed by atoms with E-state index in [4.69, 9.17) is 5.11 Å². The highest BCUT2D eigenvalue weighted by Gasteiger charge is 2.12. The van der Waals surface area contributed by atoms with Crippen LogP contribution in [0, 0.1) is 6.92 Å². The molecule has 1 aromatic heterocycles. The van der Waals surface area contributed by atoms with Crippen LogP contribution in [0.15, 0.2) is 18.2 Å². The number of Topliss-reactive ketones (excluding diaryl/α,β-unsaturated/α-hetero) is 1. The van der Waals surface area contributed by atoms with Crippen LogP contribution in [-0.4, -0.2) is 26.4 Å². The second-order valence-electron chi connectivity index (χ2n) is 5.37. The minimum absolute atomic E-state index is 0.134. The number of carbonyl (C=O) groups excluding carboxylic acids is 1. The zero-order chi connectivity index (χ0) is 15.4. The molecule has 0 saturated carbocycles. The van der Waals surface area contributed by atoms with Gasteiger partial charge in [0.2, 0.25) is 0 Å². The lowest BCUT2D eigenvalue weighted by molar-refractivity contribution is -0.137. The van der Waals surface area contributed by atoms with Gasteiger partial charge in [-0.25, -0.2) is 4.98 Å². The number of hydrogen-bond donors (Lipinski definition) is 1. The normalized spacial score (nSPS) is 11.0. The Balaban J connectivity index is 2.29. The number of aromatic nitrogens is 2. The number of aryl methyl sites for hydroxylation is 3. The maximum atomic E-state index is 11.2. The van der Waals surface area contributed by atoms with Crippen LogP contribution in [0.25, 0.3) is 11.0 Å². The third-order valence-corrected chi connectivity index (χ3v) is 3.46. The summed E-state index contributed by atoms with van der Waals surface area (Å²) in [5.74, 6) is 0.204. The van der Waals surface area contributed by atoms with E-state index in [0.29, 0.717) is 25.8 Å². The predicted octanol–water partition coefficient (Wildman–Crippen LogP) is 2.73. The standard InChI is InChI=1S/C16H20N2O3/c1-11-6-7-14-13(10-11)17-15(4-3-5-16(20)21)18(14)9-8-12(2)19/h6-7,10H,3-5,8-9H2,1-2H3,(H,20,21). The van der Waals surface area contributed by atoms with Crippen LogP contribution in [0.4, 0.5) is 0 Å². The Bertz CT molecular complexity index is 673. The molecule has 2 rings (SSSR count). The van der Waals surface area contributed by atoms with Crippen molar-refractivity contribution in [2.24, 2.45) is 0 Å². The SMILES string of the molecule is CC(=O)CCn1c(CCCC(=O)O)nc2cc(C)ccc21. The lowest BCUT2D eigenvalue weighted by atomic mass is 10.2. The van der Waals surface area contributed by atoms with Crippen LogP contribution >= 0.6 is 0 Å². The Morgan fingerprint density at radius 3 is 2.71 bits per heavy atom. The van der Waals surface area contributed by atoms with E-state index in [-0.39, 0.29) is 12.2 Å². The fraction of sp³-hybridized carbons (Fsp3) is 0.438. The summed E-state index contributed by atoms with van der Waals surface area (Å²) in [5, 5.41) is 8.74. The van der Waals surface area contributed by atoms with E-state index < -0.39 is 5.97 Å². The molecule has 1 N–H and O–H groups in total. The molecule has 0 amide bonds. The van der Waals surface area contributed by atoms with Crippen molar-refractivity contribution in [1.29, 1.82) is 0 Å². The van der Waals surface area contributed by atoms with E-state index in [1.807, 2.05) is 29.7 Å². The van der Waals surface area contributed by atoms with E-state index in [2.05, 4.69) is 4.98 Å². The van der Waals surface area contributed by atoms with Gasteiger partial charge in [-0.05, 0) is 38.0 Å². The number of carbonyl (C=O) groups is 2. The first-order valence-corrected chi connectivity index (χ1v) is 7.14. The molecule has 2 aromatic rings. The van der Waals surface area contributed by atoms with Gasteiger partial charge in [0.25, 0.3) is 0 Å². The van der Waals surface area contributed by atoms with Crippen LogP contribution < -0.4 is 0 Å². The van der Waals surface area contributed by atoms with Gasteiger partial charge in [0.1, 0.15) is 11.6 Å². The summed E-state index contributed by atoms with van der Waals surface area (Å²) in [7, 11) is 0. The van der Waals surface area contributed by atoms with Crippen molar-refractivity contribution in [3.8, 4) is 0 Å². The highest BCUT2D eigenvalue weighted by atomic mass is 16.4. The van der Waals surface area contributed by atoms with E-state index in [0.717, 1.165) is 22.4 Å². The zero-order valence-corrected chi connectivity index (χ0v) is 12.4. The summed E-state index contributed by atoms with van der Waals surface area (Å²) >= 11 is 0. The average Bonchev–Trinajstić information content (AvgIpc) is 2.72. The van der Waals surface area contributed by atoms with Crippen LogP contribution in [-0.2, 0) is 22.6 Å². The number of ketones is 1. The lowest BCUT2D eigenvalue weighted by Crippen LogP contribution is -2.08. The number of imidazole rings is 1. The molecule has 5 heteroatoms. The van der Waals surface area contributed by atoms with E-state index in [9.17, 15) is 9.59 Å². The third kappa shape index (κ3) is 3.90. The molecule has 1 aromatic carbocycles. The van der Waals surface area contributed by atoms with Crippen molar-refractivity contribution >= 4 is 22.8 Å². The van der Waals surface area contributed by atoms with E-state index >= 15 is 0 Å². The van der Waals surface area contributed by atoms with Gasteiger partial charge >= 0.3 is 5.97 Å². The maximum absolute atomic E-state index is 11.2. The second kappa shape index (κ2) is 6.52. The van der Waals surface area contributed by atoms with Crippen LogP contribution in [0.3, 0.4) is 0 Å². The van der Waals surface area contributed by atoms with Crippen molar-refractivity contribution in [1.82, 2.24) is 9.55 Å². The molecule has 21 heavy (non-hydrogen) atoms. The quantitative estimate of drug-likeness (QED) is 0.850. The molecular weight excluding hydrogens is 268 g/mol. The molecule has 0 atom stereocenters. The van der Waals surface area contributed by atoms with Crippen molar-refractivity contribution in [2.75, 3.05) is 0 Å². The van der Waals surface area contributed by atoms with Crippen molar-refractivity contribution in [3.63, 3.8) is 0 Å². The molecular formula is C16H20N2O3. The molecule has 5 nitrogen and oxygen atoms in total. The summed E-state index contributed by atoms with van der Waals surface area (Å²) in [6.07, 6.45) is 1.76. The van der Waals surface area contributed by atoms with Crippen molar-refractivity contribution < 1.29 is 14.7 Å². The zero-order valence-electron chi connectivity index (χ0n) is 12.4. The number of hydrogen-bond acceptors (Lipinski definition) is 3. The van der Waals surface area contributed by atoms with Gasteiger partial charge in [0.15, 0.2) is 0 Å². The van der Waals surface area contributed by atoms with Crippen molar-refractivity contribution in [3.05, 3.63) is 29.6 Å². The van der Waals surface area contributed by atoms with E-state index in [1.165, 1.54) is 0 Å². The highest BCUT2D eigenvalue weighted by molar-refractivity contribution is 5.78. The fourth-order valence-corrected chi connectivity index (χ4v) is 2.40. The average molecular weight is 288 g/mol. The van der Waals surface area contributed by atoms with Crippen molar-refractivity contribution in [2.45, 2.75) is 46.1 Å². The molecule has 0 saturated heterocycles. The van der Waals surface area contributed by atoms with Gasteiger partial charge in [-0.2, -0.15) is 0 Å². The van der Waals surface area contributed by atoms with Gasteiger partial charge in [-0.3, -0.25) is 9.59 Å². The Labute approximate surface area is 123 Å². The molecule has 112 valence electrons. The summed E-state index contributed by atoms with van der Waals surface area (Å²) in [6, 6.07) is 6.05. The summed E-state index contributed by atoms with van der Waals surface area (Å²) < 4.78 is 2.04. The minimum atomic E-state index is -0.794. The first-order valence-electron chi connectivity index (χ1n) is 7.14. The molecule has 1 heterocycles. The number of carboxylic acid groups (broad SMARTS) is 1. The summed E-state index contributed by atoms with van der Waals surface area (Å²) in [5.41, 5.74) is 3.05. The Morgan fingerprint density at radius 1 is 1.29 bits per heavy atom. The highest BCUT2D eigenvalue weighted by Crippen LogP contribution is 2.19. The third-order valence-electron chi connectivity index (χ3n) is 3.46. The second-order valence-corrected chi connectivity index (χ2v) is 5.37. The molecule has 0 aliphatic rings. The number of rotatable bonds is 7. The smallest absolute Gasteiger partial charge is 0.303 e. The number of nitrogens with zero attached hydrogens (tertiary/aromatic N) is 2. The summed E-state index contributed by atoms with van der Waals surface area (Å²) in [4.78, 5) is 26.5.